The molecule has 0 radical (unpaired) electrons. The van der Waals surface area contributed by atoms with Crippen LogP contribution >= 0.6 is 0 Å². The fraction of sp³-hybridized carbons (Fsp3) is 0. The van der Waals surface area contributed by atoms with E-state index in [-0.39, 0.29) is 0 Å². The minimum Gasteiger partial charge on any atom is -0.293 e. The van der Waals surface area contributed by atoms with E-state index in [0.29, 0.717) is 5.82 Å². The van der Waals surface area contributed by atoms with Crippen LogP contribution in [-0.2, 0) is 0 Å². The zero-order chi connectivity index (χ0) is 32.3. The van der Waals surface area contributed by atoms with E-state index in [0.717, 1.165) is 44.4 Å². The van der Waals surface area contributed by atoms with Crippen molar-refractivity contribution in [3.8, 4) is 39.5 Å². The van der Waals surface area contributed by atoms with Crippen LogP contribution in [0.2, 0.25) is 0 Å². The van der Waals surface area contributed by atoms with Gasteiger partial charge in [-0.25, -0.2) is 9.97 Å². The number of hydrogen-bond donors (Lipinski definition) is 0. The molecule has 2 heterocycles. The van der Waals surface area contributed by atoms with Crippen molar-refractivity contribution in [3.63, 3.8) is 0 Å². The third kappa shape index (κ3) is 4.59. The van der Waals surface area contributed by atoms with E-state index in [1.165, 1.54) is 43.4 Å². The first-order valence-electron chi connectivity index (χ1n) is 16.7. The zero-order valence-electron chi connectivity index (χ0n) is 26.6. The van der Waals surface area contributed by atoms with Gasteiger partial charge in [-0.2, -0.15) is 0 Å². The second-order valence-corrected chi connectivity index (χ2v) is 12.7. The van der Waals surface area contributed by atoms with Gasteiger partial charge in [-0.15, -0.1) is 0 Å². The summed E-state index contributed by atoms with van der Waals surface area (Å²) < 4.78 is 2.33. The van der Waals surface area contributed by atoms with Crippen molar-refractivity contribution < 1.29 is 0 Å². The Morgan fingerprint density at radius 2 is 0.918 bits per heavy atom. The van der Waals surface area contributed by atoms with Gasteiger partial charge in [0.05, 0.1) is 16.6 Å². The minimum atomic E-state index is 0.699. The Hall–Kier alpha value is -6.58. The van der Waals surface area contributed by atoms with E-state index < -0.39 is 0 Å². The summed E-state index contributed by atoms with van der Waals surface area (Å²) >= 11 is 0. The van der Waals surface area contributed by atoms with E-state index in [1.807, 2.05) is 6.07 Å². The van der Waals surface area contributed by atoms with Crippen molar-refractivity contribution in [2.45, 2.75) is 0 Å². The van der Waals surface area contributed by atoms with Gasteiger partial charge in [-0.3, -0.25) is 4.57 Å². The maximum Gasteiger partial charge on any atom is 0.162 e. The van der Waals surface area contributed by atoms with Crippen LogP contribution in [0.15, 0.2) is 176 Å². The van der Waals surface area contributed by atoms with Gasteiger partial charge in [0.2, 0.25) is 0 Å². The van der Waals surface area contributed by atoms with Crippen molar-refractivity contribution in [1.29, 1.82) is 0 Å². The number of hydrogen-bond acceptors (Lipinski definition) is 2. The maximum absolute atomic E-state index is 5.39. The molecular weight excluding hydrogens is 595 g/mol. The third-order valence-electron chi connectivity index (χ3n) is 9.76. The molecule has 10 rings (SSSR count). The molecule has 228 valence electrons. The summed E-state index contributed by atoms with van der Waals surface area (Å²) in [6.45, 7) is 0. The molecule has 0 unspecified atom stereocenters. The average molecular weight is 624 g/mol. The lowest BCUT2D eigenvalue weighted by atomic mass is 10.00. The number of aromatic nitrogens is 3. The van der Waals surface area contributed by atoms with Crippen LogP contribution in [0.4, 0.5) is 0 Å². The number of benzene rings is 8. The molecule has 3 heteroatoms. The van der Waals surface area contributed by atoms with Crippen molar-refractivity contribution in [2.24, 2.45) is 0 Å². The molecule has 2 aromatic heterocycles. The quantitative estimate of drug-likeness (QED) is 0.195. The Balaban J connectivity index is 1.24. The Bertz CT molecular complexity index is 2870. The smallest absolute Gasteiger partial charge is 0.162 e. The Kier molecular flexibility index (Phi) is 6.18. The molecule has 10 aromatic rings. The average Bonchev–Trinajstić information content (AvgIpc) is 3.49. The first kappa shape index (κ1) is 27.5. The molecule has 0 aliphatic carbocycles. The van der Waals surface area contributed by atoms with Gasteiger partial charge in [0.15, 0.2) is 5.82 Å². The molecule has 49 heavy (non-hydrogen) atoms. The molecule has 8 aromatic carbocycles. The molecule has 3 nitrogen and oxygen atoms in total. The van der Waals surface area contributed by atoms with Gasteiger partial charge in [0, 0.05) is 21.7 Å². The van der Waals surface area contributed by atoms with E-state index in [1.54, 1.807) is 0 Å². The number of nitrogens with zero attached hydrogens (tertiary/aromatic N) is 3. The standard InChI is InChI=1S/C46H29N3/c1-2-10-30(11-3-1)32-18-21-33(22-19-32)45-47-42-28-38(37-23-20-31-12-4-5-13-34(31)26-37)24-25-40(42)46(48-45)49-43-17-9-8-16-39(43)41-27-35-14-6-7-15-36(35)29-44(41)49/h1-29H. The van der Waals surface area contributed by atoms with Crippen LogP contribution in [-0.4, -0.2) is 14.5 Å². The summed E-state index contributed by atoms with van der Waals surface area (Å²) in [6, 6.07) is 62.7. The van der Waals surface area contributed by atoms with E-state index in [4.69, 9.17) is 9.97 Å². The van der Waals surface area contributed by atoms with Gasteiger partial charge in [-0.05, 0) is 80.2 Å². The minimum absolute atomic E-state index is 0.699. The normalized spacial score (nSPS) is 11.7. The molecule has 0 amide bonds. The van der Waals surface area contributed by atoms with E-state index in [2.05, 4.69) is 174 Å². The highest BCUT2D eigenvalue weighted by Gasteiger charge is 2.19. The van der Waals surface area contributed by atoms with Gasteiger partial charge in [-0.1, -0.05) is 140 Å². The lowest BCUT2D eigenvalue weighted by molar-refractivity contribution is 1.08. The Morgan fingerprint density at radius 3 is 1.73 bits per heavy atom. The van der Waals surface area contributed by atoms with Gasteiger partial charge in [0.25, 0.3) is 0 Å². The molecule has 0 spiro atoms. The highest BCUT2D eigenvalue weighted by molar-refractivity contribution is 6.14. The SMILES string of the molecule is c1ccc(-c2ccc(-c3nc(-n4c5ccccc5c5cc6ccccc6cc54)c4ccc(-c5ccc6ccccc6c5)cc4n3)cc2)cc1. The first-order chi connectivity index (χ1) is 24.3. The zero-order valence-corrected chi connectivity index (χ0v) is 26.6. The molecule has 0 saturated heterocycles. The topological polar surface area (TPSA) is 30.7 Å². The van der Waals surface area contributed by atoms with Crippen LogP contribution in [0.1, 0.15) is 0 Å². The monoisotopic (exact) mass is 623 g/mol. The highest BCUT2D eigenvalue weighted by Crippen LogP contribution is 2.38. The molecule has 0 aliphatic heterocycles. The largest absolute Gasteiger partial charge is 0.293 e. The van der Waals surface area contributed by atoms with Crippen LogP contribution in [0.25, 0.3) is 93.7 Å². The van der Waals surface area contributed by atoms with Gasteiger partial charge < -0.3 is 0 Å². The maximum atomic E-state index is 5.39. The predicted molar refractivity (Wildman–Crippen MR) is 205 cm³/mol. The van der Waals surface area contributed by atoms with Crippen LogP contribution in [0.3, 0.4) is 0 Å². The molecule has 0 saturated carbocycles. The number of fused-ring (bicyclic) bond motifs is 6. The molecular formula is C46H29N3. The summed E-state index contributed by atoms with van der Waals surface area (Å²) in [4.78, 5) is 10.6. The van der Waals surface area contributed by atoms with Crippen molar-refractivity contribution in [3.05, 3.63) is 176 Å². The fourth-order valence-electron chi connectivity index (χ4n) is 7.29. The third-order valence-corrected chi connectivity index (χ3v) is 9.76. The van der Waals surface area contributed by atoms with Crippen LogP contribution in [0.5, 0.6) is 0 Å². The second-order valence-electron chi connectivity index (χ2n) is 12.7. The predicted octanol–water partition coefficient (Wildman–Crippen LogP) is 12.0. The highest BCUT2D eigenvalue weighted by atomic mass is 15.1. The summed E-state index contributed by atoms with van der Waals surface area (Å²) in [5, 5.41) is 8.30. The Morgan fingerprint density at radius 1 is 0.327 bits per heavy atom. The van der Waals surface area contributed by atoms with Crippen LogP contribution < -0.4 is 0 Å². The van der Waals surface area contributed by atoms with Gasteiger partial charge >= 0.3 is 0 Å². The molecule has 0 bridgehead atoms. The fourth-order valence-corrected chi connectivity index (χ4v) is 7.29. The van der Waals surface area contributed by atoms with Crippen molar-refractivity contribution in [2.75, 3.05) is 0 Å². The molecule has 0 aliphatic rings. The number of rotatable bonds is 4. The molecule has 0 fully saturated rings. The summed E-state index contributed by atoms with van der Waals surface area (Å²) in [6.07, 6.45) is 0. The van der Waals surface area contributed by atoms with Crippen LogP contribution in [0, 0.1) is 0 Å². The van der Waals surface area contributed by atoms with Crippen molar-refractivity contribution in [1.82, 2.24) is 14.5 Å². The van der Waals surface area contributed by atoms with E-state index in [9.17, 15) is 0 Å². The van der Waals surface area contributed by atoms with E-state index >= 15 is 0 Å². The lowest BCUT2D eigenvalue weighted by Crippen LogP contribution is -2.03. The summed E-state index contributed by atoms with van der Waals surface area (Å²) in [5.41, 5.74) is 8.78. The first-order valence-corrected chi connectivity index (χ1v) is 16.7. The summed E-state index contributed by atoms with van der Waals surface area (Å²) in [7, 11) is 0. The Labute approximate surface area is 283 Å². The lowest BCUT2D eigenvalue weighted by Gasteiger charge is -2.14. The van der Waals surface area contributed by atoms with Gasteiger partial charge in [0.1, 0.15) is 5.82 Å². The number of para-hydroxylation sites is 1. The molecule has 0 N–H and O–H groups in total. The summed E-state index contributed by atoms with van der Waals surface area (Å²) in [5.74, 6) is 1.57. The second kappa shape index (κ2) is 11.0. The van der Waals surface area contributed by atoms with Crippen molar-refractivity contribution >= 4 is 54.3 Å². The molecule has 0 atom stereocenters.